The third kappa shape index (κ3) is 2.75. The number of nitrogens with zero attached hydrogens (tertiary/aromatic N) is 2. The van der Waals surface area contributed by atoms with Crippen LogP contribution in [0.3, 0.4) is 0 Å². The third-order valence-electron chi connectivity index (χ3n) is 2.56. The number of rotatable bonds is 3. The number of amides is 1. The van der Waals surface area contributed by atoms with E-state index in [-0.39, 0.29) is 24.2 Å². The number of carbonyl (C=O) groups excluding carboxylic acids is 1. The van der Waals surface area contributed by atoms with Crippen molar-refractivity contribution in [2.45, 2.75) is 25.5 Å². The van der Waals surface area contributed by atoms with E-state index in [9.17, 15) is 4.79 Å². The van der Waals surface area contributed by atoms with Gasteiger partial charge in [-0.05, 0) is 21.0 Å². The molecule has 0 spiro atoms. The molecule has 0 aromatic rings. The van der Waals surface area contributed by atoms with Gasteiger partial charge in [0.1, 0.15) is 0 Å². The summed E-state index contributed by atoms with van der Waals surface area (Å²) < 4.78 is 5.38. The number of hydrogen-bond donors (Lipinski definition) is 0. The second-order valence-corrected chi connectivity index (χ2v) is 3.72. The lowest BCUT2D eigenvalue weighted by molar-refractivity contribution is -0.0219. The molecule has 0 heterocycles. The van der Waals surface area contributed by atoms with Gasteiger partial charge in [0.05, 0.1) is 0 Å². The van der Waals surface area contributed by atoms with Crippen LogP contribution < -0.4 is 0 Å². The van der Waals surface area contributed by atoms with Crippen LogP contribution in [0.5, 0.6) is 0 Å². The topological polar surface area (TPSA) is 32.8 Å². The summed E-state index contributed by atoms with van der Waals surface area (Å²) >= 11 is 0. The molecule has 1 saturated carbocycles. The zero-order valence-corrected chi connectivity index (χ0v) is 10.1. The molecule has 0 unspecified atom stereocenters. The number of halogens is 1. The van der Waals surface area contributed by atoms with Gasteiger partial charge in [0, 0.05) is 26.4 Å². The highest BCUT2D eigenvalue weighted by Gasteiger charge is 2.49. The van der Waals surface area contributed by atoms with Crippen molar-refractivity contribution in [2.24, 2.45) is 0 Å². The molecule has 0 bridgehead atoms. The van der Waals surface area contributed by atoms with Crippen molar-refractivity contribution in [1.82, 2.24) is 9.80 Å². The molecule has 0 N–H and O–H groups in total. The van der Waals surface area contributed by atoms with Crippen molar-refractivity contribution in [3.05, 3.63) is 0 Å². The second kappa shape index (κ2) is 4.84. The van der Waals surface area contributed by atoms with Crippen molar-refractivity contribution >= 4 is 18.5 Å². The maximum Gasteiger partial charge on any atom is 0.411 e. The lowest BCUT2D eigenvalue weighted by atomic mass is 10.5. The predicted molar refractivity (Wildman–Crippen MR) is 57.7 cm³/mol. The quantitative estimate of drug-likeness (QED) is 0.680. The van der Waals surface area contributed by atoms with E-state index in [1.165, 1.54) is 0 Å². The van der Waals surface area contributed by atoms with Gasteiger partial charge in [-0.1, -0.05) is 0 Å². The summed E-state index contributed by atoms with van der Waals surface area (Å²) in [6, 6.07) is 0. The highest BCUT2D eigenvalue weighted by Crippen LogP contribution is 2.41. The normalized spacial score (nSPS) is 17.2. The number of ether oxygens (including phenoxy) is 1. The van der Waals surface area contributed by atoms with Crippen molar-refractivity contribution in [3.63, 3.8) is 0 Å². The summed E-state index contributed by atoms with van der Waals surface area (Å²) in [6.45, 7) is 2.61. The van der Waals surface area contributed by atoms with E-state index in [1.807, 2.05) is 25.9 Å². The van der Waals surface area contributed by atoms with Gasteiger partial charge in [-0.15, -0.1) is 12.4 Å². The van der Waals surface area contributed by atoms with Crippen LogP contribution in [-0.2, 0) is 4.74 Å². The zero-order valence-electron chi connectivity index (χ0n) is 9.24. The molecule has 1 rings (SSSR count). The van der Waals surface area contributed by atoms with E-state index in [4.69, 9.17) is 4.74 Å². The van der Waals surface area contributed by atoms with Gasteiger partial charge in [0.25, 0.3) is 0 Å². The number of carbonyl (C=O) groups is 1. The first-order chi connectivity index (χ1) is 6.02. The van der Waals surface area contributed by atoms with Crippen LogP contribution in [0.25, 0.3) is 0 Å². The van der Waals surface area contributed by atoms with Crippen LogP contribution in [0.2, 0.25) is 0 Å². The molecule has 1 amide bonds. The number of hydrogen-bond acceptors (Lipinski definition) is 3. The van der Waals surface area contributed by atoms with E-state index in [1.54, 1.807) is 11.9 Å². The Morgan fingerprint density at radius 2 is 1.86 bits per heavy atom. The Morgan fingerprint density at radius 3 is 2.14 bits per heavy atom. The molecular weight excluding hydrogens is 204 g/mol. The van der Waals surface area contributed by atoms with Gasteiger partial charge >= 0.3 is 6.09 Å². The van der Waals surface area contributed by atoms with Crippen LogP contribution in [0.4, 0.5) is 4.79 Å². The molecule has 0 aromatic carbocycles. The van der Waals surface area contributed by atoms with Gasteiger partial charge in [0.2, 0.25) is 0 Å². The molecule has 0 radical (unpaired) electrons. The fraction of sp³-hybridized carbons (Fsp3) is 0.889. The summed E-state index contributed by atoms with van der Waals surface area (Å²) in [6.07, 6.45) is 1.67. The van der Waals surface area contributed by atoms with E-state index >= 15 is 0 Å². The SMILES string of the molecule is CCN(C)C(=O)OC1(N(C)C)CC1.Cl. The molecular formula is C9H19ClN2O2. The van der Waals surface area contributed by atoms with Gasteiger partial charge in [-0.2, -0.15) is 0 Å². The monoisotopic (exact) mass is 222 g/mol. The summed E-state index contributed by atoms with van der Waals surface area (Å²) in [4.78, 5) is 15.0. The lowest BCUT2D eigenvalue weighted by Gasteiger charge is -2.26. The van der Waals surface area contributed by atoms with E-state index in [0.29, 0.717) is 6.54 Å². The first-order valence-electron chi connectivity index (χ1n) is 4.63. The molecule has 0 saturated heterocycles. The van der Waals surface area contributed by atoms with E-state index in [2.05, 4.69) is 0 Å². The van der Waals surface area contributed by atoms with Gasteiger partial charge in [-0.25, -0.2) is 4.79 Å². The molecule has 0 aliphatic heterocycles. The second-order valence-electron chi connectivity index (χ2n) is 3.72. The summed E-state index contributed by atoms with van der Waals surface area (Å²) in [5.74, 6) is 0. The lowest BCUT2D eigenvalue weighted by Crippen LogP contribution is -2.39. The van der Waals surface area contributed by atoms with Crippen LogP contribution in [0.1, 0.15) is 19.8 Å². The Bertz CT molecular complexity index is 205. The molecule has 1 aliphatic rings. The van der Waals surface area contributed by atoms with Crippen LogP contribution in [0, 0.1) is 0 Å². The highest BCUT2D eigenvalue weighted by molar-refractivity contribution is 5.85. The van der Waals surface area contributed by atoms with Crippen LogP contribution in [0.15, 0.2) is 0 Å². The van der Waals surface area contributed by atoms with Crippen molar-refractivity contribution in [1.29, 1.82) is 0 Å². The first kappa shape index (κ1) is 13.5. The molecule has 84 valence electrons. The van der Waals surface area contributed by atoms with Gasteiger partial charge in [0.15, 0.2) is 5.72 Å². The van der Waals surface area contributed by atoms with Crippen molar-refractivity contribution in [2.75, 3.05) is 27.7 Å². The fourth-order valence-corrected chi connectivity index (χ4v) is 1.12. The minimum atomic E-state index is -0.305. The smallest absolute Gasteiger partial charge is 0.411 e. The molecule has 4 nitrogen and oxygen atoms in total. The standard InChI is InChI=1S/C9H18N2O2.ClH/c1-5-11(4)8(12)13-9(6-7-9)10(2)3;/h5-7H2,1-4H3;1H. The third-order valence-corrected chi connectivity index (χ3v) is 2.56. The molecule has 14 heavy (non-hydrogen) atoms. The van der Waals surface area contributed by atoms with E-state index < -0.39 is 0 Å². The minimum Gasteiger partial charge on any atom is -0.427 e. The minimum absolute atomic E-state index is 0. The van der Waals surface area contributed by atoms with Crippen LogP contribution >= 0.6 is 12.4 Å². The van der Waals surface area contributed by atoms with E-state index in [0.717, 1.165) is 12.8 Å². The Balaban J connectivity index is 0.00000169. The average Bonchev–Trinajstić information content (AvgIpc) is 2.84. The first-order valence-corrected chi connectivity index (χ1v) is 4.63. The van der Waals surface area contributed by atoms with Crippen molar-refractivity contribution in [3.8, 4) is 0 Å². The highest BCUT2D eigenvalue weighted by atomic mass is 35.5. The molecule has 0 aromatic heterocycles. The average molecular weight is 223 g/mol. The molecule has 0 atom stereocenters. The maximum atomic E-state index is 11.4. The molecule has 1 aliphatic carbocycles. The fourth-order valence-electron chi connectivity index (χ4n) is 1.12. The Kier molecular flexibility index (Phi) is 4.68. The van der Waals surface area contributed by atoms with Crippen LogP contribution in [-0.4, -0.2) is 49.3 Å². The summed E-state index contributed by atoms with van der Waals surface area (Å²) in [7, 11) is 5.62. The zero-order chi connectivity index (χ0) is 10.1. The molecule has 1 fully saturated rings. The van der Waals surface area contributed by atoms with Crippen molar-refractivity contribution < 1.29 is 9.53 Å². The largest absolute Gasteiger partial charge is 0.427 e. The Morgan fingerprint density at radius 1 is 1.36 bits per heavy atom. The Hall–Kier alpha value is -0.480. The van der Waals surface area contributed by atoms with Gasteiger partial charge in [-0.3, -0.25) is 4.90 Å². The Labute approximate surface area is 91.6 Å². The molecule has 5 heteroatoms. The predicted octanol–water partition coefficient (Wildman–Crippen LogP) is 1.55. The van der Waals surface area contributed by atoms with Gasteiger partial charge < -0.3 is 9.64 Å². The maximum absolute atomic E-state index is 11.4. The summed E-state index contributed by atoms with van der Waals surface area (Å²) in [5, 5.41) is 0. The summed E-state index contributed by atoms with van der Waals surface area (Å²) in [5.41, 5.74) is -0.305.